The van der Waals surface area contributed by atoms with Crippen LogP contribution in [0.4, 0.5) is 0 Å². The lowest BCUT2D eigenvalue weighted by Gasteiger charge is -2.03. The summed E-state index contributed by atoms with van der Waals surface area (Å²) in [6.07, 6.45) is 0. The summed E-state index contributed by atoms with van der Waals surface area (Å²) in [6.45, 7) is 0. The van der Waals surface area contributed by atoms with Crippen molar-refractivity contribution in [3.05, 3.63) is 78.7 Å². The molecule has 0 amide bonds. The summed E-state index contributed by atoms with van der Waals surface area (Å²) >= 11 is 5.97. The Morgan fingerprint density at radius 3 is 2.52 bits per heavy atom. The van der Waals surface area contributed by atoms with E-state index >= 15 is 0 Å². The van der Waals surface area contributed by atoms with Crippen LogP contribution in [0.3, 0.4) is 0 Å². The first-order chi connectivity index (χ1) is 10.1. The fourth-order valence-electron chi connectivity index (χ4n) is 2.52. The molecular weight excluding hydrogens is 290 g/mol. The maximum absolute atomic E-state index is 12.2. The van der Waals surface area contributed by atoms with Gasteiger partial charge in [0.2, 0.25) is 10.8 Å². The molecule has 0 unspecified atom stereocenters. The zero-order valence-corrected chi connectivity index (χ0v) is 11.4. The number of aromatic amines is 1. The van der Waals surface area contributed by atoms with Crippen molar-refractivity contribution in [3.8, 4) is 0 Å². The van der Waals surface area contributed by atoms with Gasteiger partial charge in [-0.05, 0) is 18.2 Å². The highest BCUT2D eigenvalue weighted by Gasteiger charge is 2.10. The van der Waals surface area contributed by atoms with Crippen LogP contribution in [-0.4, -0.2) is 4.98 Å². The van der Waals surface area contributed by atoms with E-state index in [1.807, 2.05) is 6.07 Å². The van der Waals surface area contributed by atoms with Crippen molar-refractivity contribution >= 4 is 33.5 Å². The Balaban J connectivity index is 2.42. The molecule has 0 fully saturated rings. The minimum Gasteiger partial charge on any atom is -0.449 e. The lowest BCUT2D eigenvalue weighted by atomic mass is 10.1. The molecule has 0 saturated carbocycles. The Hall–Kier alpha value is -2.59. The van der Waals surface area contributed by atoms with Crippen LogP contribution in [0.2, 0.25) is 5.02 Å². The van der Waals surface area contributed by atoms with Gasteiger partial charge in [-0.3, -0.25) is 9.59 Å². The van der Waals surface area contributed by atoms with Crippen molar-refractivity contribution in [2.45, 2.75) is 0 Å². The number of fused-ring (bicyclic) bond motifs is 3. The van der Waals surface area contributed by atoms with Gasteiger partial charge in [0.25, 0.3) is 5.43 Å². The van der Waals surface area contributed by atoms with Crippen LogP contribution in [0.1, 0.15) is 0 Å². The van der Waals surface area contributed by atoms with E-state index in [1.54, 1.807) is 36.4 Å². The Morgan fingerprint density at radius 1 is 0.952 bits per heavy atom. The number of aromatic nitrogens is 1. The number of H-pyrrole nitrogens is 1. The number of nitrogens with one attached hydrogen (secondary N) is 1. The minimum absolute atomic E-state index is 0.0357. The second kappa shape index (κ2) is 4.20. The van der Waals surface area contributed by atoms with Crippen molar-refractivity contribution in [3.63, 3.8) is 0 Å². The molecule has 2 aliphatic rings. The zero-order chi connectivity index (χ0) is 14.6. The normalized spacial score (nSPS) is 11.5. The van der Waals surface area contributed by atoms with Crippen LogP contribution in [0.15, 0.2) is 56.5 Å². The smallest absolute Gasteiger partial charge is 0.270 e. The molecule has 21 heavy (non-hydrogen) atoms. The minimum atomic E-state index is -0.642. The van der Waals surface area contributed by atoms with E-state index < -0.39 is 10.9 Å². The number of benzene rings is 2. The lowest BCUT2D eigenvalue weighted by Crippen LogP contribution is -2.25. The van der Waals surface area contributed by atoms with Crippen molar-refractivity contribution < 1.29 is 4.42 Å². The average molecular weight is 298 g/mol. The Bertz CT molecular complexity index is 1190. The van der Waals surface area contributed by atoms with Crippen LogP contribution >= 0.6 is 11.6 Å². The number of hydrogen-bond acceptors (Lipinski definition) is 3. The second-order valence-electron chi connectivity index (χ2n) is 4.78. The molecule has 4 rings (SSSR count). The number of hydrogen-bond donors (Lipinski definition) is 1. The first-order valence-corrected chi connectivity index (χ1v) is 6.70. The zero-order valence-electron chi connectivity index (χ0n) is 10.6. The molecule has 2 aromatic rings. The second-order valence-corrected chi connectivity index (χ2v) is 5.21. The summed E-state index contributed by atoms with van der Waals surface area (Å²) in [4.78, 5) is 27.5. The molecule has 4 nitrogen and oxygen atoms in total. The van der Waals surface area contributed by atoms with Crippen molar-refractivity contribution in [2.75, 3.05) is 0 Å². The first-order valence-electron chi connectivity index (χ1n) is 6.32. The van der Waals surface area contributed by atoms with E-state index in [-0.39, 0.29) is 5.42 Å². The van der Waals surface area contributed by atoms with E-state index in [0.29, 0.717) is 32.2 Å². The van der Waals surface area contributed by atoms with Gasteiger partial charge < -0.3 is 9.40 Å². The van der Waals surface area contributed by atoms with Gasteiger partial charge in [0.1, 0.15) is 0 Å². The van der Waals surface area contributed by atoms with Crippen LogP contribution in [0.25, 0.3) is 21.9 Å². The summed E-state index contributed by atoms with van der Waals surface area (Å²) in [5.41, 5.74) is -0.0224. The van der Waals surface area contributed by atoms with Crippen LogP contribution in [-0.2, 0) is 0 Å². The molecule has 1 N–H and O–H groups in total. The maximum atomic E-state index is 12.2. The molecule has 0 spiro atoms. The van der Waals surface area contributed by atoms with Crippen molar-refractivity contribution in [2.24, 2.45) is 0 Å². The van der Waals surface area contributed by atoms with E-state index in [4.69, 9.17) is 16.0 Å². The van der Waals surface area contributed by atoms with Gasteiger partial charge in [-0.15, -0.1) is 0 Å². The van der Waals surface area contributed by atoms with E-state index in [0.717, 1.165) is 0 Å². The highest BCUT2D eigenvalue weighted by atomic mass is 35.5. The summed E-state index contributed by atoms with van der Waals surface area (Å²) in [7, 11) is 0. The molecule has 0 radical (unpaired) electrons. The highest BCUT2D eigenvalue weighted by Crippen LogP contribution is 2.19. The molecule has 2 aromatic carbocycles. The number of halogens is 1. The molecule has 0 saturated heterocycles. The molecule has 102 valence electrons. The molecule has 1 aliphatic carbocycles. The van der Waals surface area contributed by atoms with Gasteiger partial charge >= 0.3 is 0 Å². The van der Waals surface area contributed by atoms with Gasteiger partial charge in [0.05, 0.1) is 10.9 Å². The largest absolute Gasteiger partial charge is 0.449 e. The SMILES string of the molecule is O=c1c2oc3ccc(Cl)cc3[nH]c=2c2ccccc2c1=O. The van der Waals surface area contributed by atoms with E-state index in [9.17, 15) is 9.59 Å². The molecule has 0 atom stereocenters. The van der Waals surface area contributed by atoms with Gasteiger partial charge in [0.15, 0.2) is 5.58 Å². The summed E-state index contributed by atoms with van der Waals surface area (Å²) in [5.74, 6) is 0. The third-order valence-electron chi connectivity index (χ3n) is 3.49. The summed E-state index contributed by atoms with van der Waals surface area (Å²) < 4.78 is 5.62. The van der Waals surface area contributed by atoms with Crippen molar-refractivity contribution in [1.29, 1.82) is 0 Å². The Morgan fingerprint density at radius 2 is 1.71 bits per heavy atom. The standard InChI is InChI=1S/C16H8ClNO3/c17-8-5-6-12-11(7-8)18-13-9-3-1-2-4-10(9)14(19)15(20)16(13)21-12/h1-7,18H. The molecule has 1 heterocycles. The highest BCUT2D eigenvalue weighted by molar-refractivity contribution is 6.31. The molecule has 0 bridgehead atoms. The fraction of sp³-hybridized carbons (Fsp3) is 0. The average Bonchev–Trinajstić information content (AvgIpc) is 2.51. The van der Waals surface area contributed by atoms with Gasteiger partial charge in [-0.25, -0.2) is 0 Å². The third-order valence-corrected chi connectivity index (χ3v) is 3.73. The third kappa shape index (κ3) is 1.69. The quantitative estimate of drug-likeness (QED) is 0.507. The molecule has 5 heteroatoms. The topological polar surface area (TPSA) is 63.1 Å². The lowest BCUT2D eigenvalue weighted by molar-refractivity contribution is 0.556. The van der Waals surface area contributed by atoms with E-state index in [1.165, 1.54) is 0 Å². The van der Waals surface area contributed by atoms with Crippen molar-refractivity contribution in [1.82, 2.24) is 4.98 Å². The van der Waals surface area contributed by atoms with E-state index in [2.05, 4.69) is 4.98 Å². The van der Waals surface area contributed by atoms with Crippen LogP contribution < -0.4 is 10.9 Å². The monoisotopic (exact) mass is 297 g/mol. The molecule has 0 aromatic heterocycles. The van der Waals surface area contributed by atoms with Gasteiger partial charge in [-0.2, -0.15) is 0 Å². The Labute approximate surface area is 122 Å². The summed E-state index contributed by atoms with van der Waals surface area (Å²) in [6, 6.07) is 12.0. The summed E-state index contributed by atoms with van der Waals surface area (Å²) in [5, 5.41) is 2.09. The first kappa shape index (κ1) is 12.2. The fourth-order valence-corrected chi connectivity index (χ4v) is 2.69. The predicted molar refractivity (Wildman–Crippen MR) is 80.9 cm³/mol. The molecule has 1 aliphatic heterocycles. The van der Waals surface area contributed by atoms with Gasteiger partial charge in [-0.1, -0.05) is 35.9 Å². The maximum Gasteiger partial charge on any atom is 0.270 e. The van der Waals surface area contributed by atoms with Gasteiger partial charge in [0, 0.05) is 15.8 Å². The molecular formula is C16H8ClNO3. The number of rotatable bonds is 0. The van der Waals surface area contributed by atoms with Crippen LogP contribution in [0.5, 0.6) is 0 Å². The Kier molecular flexibility index (Phi) is 2.43. The predicted octanol–water partition coefficient (Wildman–Crippen LogP) is 3.01. The van der Waals surface area contributed by atoms with Crippen LogP contribution in [0, 0.1) is 10.8 Å².